The summed E-state index contributed by atoms with van der Waals surface area (Å²) >= 11 is 0. The van der Waals surface area contributed by atoms with Crippen molar-refractivity contribution in [2.45, 2.75) is 58.5 Å². The third-order valence-electron chi connectivity index (χ3n) is 8.60. The Balaban J connectivity index is 1.56. The topological polar surface area (TPSA) is 55.8 Å². The zero-order chi connectivity index (χ0) is 31.0. The smallest absolute Gasteiger partial charge is 0.243 e. The lowest BCUT2D eigenvalue weighted by Gasteiger charge is -2.37. The zero-order valence-corrected chi connectivity index (χ0v) is 27.4. The lowest BCUT2D eigenvalue weighted by atomic mass is 10.1. The lowest BCUT2D eigenvalue weighted by molar-refractivity contribution is -0.938. The predicted octanol–water partition coefficient (Wildman–Crippen LogP) is 7.50. The van der Waals surface area contributed by atoms with Crippen molar-refractivity contribution in [1.29, 1.82) is 0 Å². The largest absolute Gasteiger partial charge is 0.493 e. The molecule has 4 aromatic carbocycles. The van der Waals surface area contributed by atoms with Gasteiger partial charge in [0.2, 0.25) is 10.0 Å². The van der Waals surface area contributed by atoms with E-state index in [-0.39, 0.29) is 4.90 Å². The molecule has 230 valence electrons. The average Bonchev–Trinajstić information content (AvgIpc) is 3.00. The van der Waals surface area contributed by atoms with Gasteiger partial charge in [-0.15, -0.1) is 0 Å². The Hall–Kier alpha value is -3.39. The Morgan fingerprint density at radius 3 is 2.05 bits per heavy atom. The van der Waals surface area contributed by atoms with Gasteiger partial charge in [-0.05, 0) is 75.1 Å². The molecule has 4 aromatic rings. The number of quaternary nitrogens is 1. The number of hydrogen-bond acceptors (Lipinski definition) is 4. The molecule has 0 amide bonds. The van der Waals surface area contributed by atoms with Crippen LogP contribution in [0.5, 0.6) is 11.5 Å². The first-order valence-corrected chi connectivity index (χ1v) is 16.7. The van der Waals surface area contributed by atoms with Gasteiger partial charge in [0.1, 0.15) is 6.54 Å². The quantitative estimate of drug-likeness (QED) is 0.104. The third kappa shape index (κ3) is 7.96. The highest BCUT2D eigenvalue weighted by atomic mass is 32.2. The molecule has 0 saturated heterocycles. The molecule has 0 radical (unpaired) electrons. The molecular formula is C36H47N2O4S+. The molecule has 0 aliphatic carbocycles. The molecular weight excluding hydrogens is 556 g/mol. The van der Waals surface area contributed by atoms with E-state index in [1.54, 1.807) is 29.6 Å². The van der Waals surface area contributed by atoms with E-state index in [1.165, 1.54) is 23.8 Å². The Morgan fingerprint density at radius 2 is 1.40 bits per heavy atom. The molecule has 0 N–H and O–H groups in total. The van der Waals surface area contributed by atoms with Crippen LogP contribution >= 0.6 is 0 Å². The maximum absolute atomic E-state index is 14.1. The van der Waals surface area contributed by atoms with Crippen LogP contribution in [0.3, 0.4) is 0 Å². The fourth-order valence-electron chi connectivity index (χ4n) is 6.08. The monoisotopic (exact) mass is 603 g/mol. The number of fused-ring (bicyclic) bond motifs is 1. The van der Waals surface area contributed by atoms with E-state index < -0.39 is 10.0 Å². The fourth-order valence-corrected chi connectivity index (χ4v) is 7.56. The van der Waals surface area contributed by atoms with Crippen LogP contribution in [0.2, 0.25) is 0 Å². The predicted molar refractivity (Wildman–Crippen MR) is 176 cm³/mol. The molecule has 0 fully saturated rings. The van der Waals surface area contributed by atoms with Crippen LogP contribution in [0.1, 0.15) is 48.9 Å². The maximum Gasteiger partial charge on any atom is 0.243 e. The van der Waals surface area contributed by atoms with E-state index in [0.717, 1.165) is 59.8 Å². The molecule has 0 aliphatic rings. The van der Waals surface area contributed by atoms with Gasteiger partial charge in [0.25, 0.3) is 0 Å². The first-order chi connectivity index (χ1) is 20.6. The first kappa shape index (κ1) is 32.5. The summed E-state index contributed by atoms with van der Waals surface area (Å²) in [7, 11) is -0.739. The number of ether oxygens (including phenoxy) is 2. The second-order valence-electron chi connectivity index (χ2n) is 11.6. The van der Waals surface area contributed by atoms with Gasteiger partial charge in [-0.25, -0.2) is 8.42 Å². The van der Waals surface area contributed by atoms with Crippen molar-refractivity contribution in [2.75, 3.05) is 40.4 Å². The lowest BCUT2D eigenvalue weighted by Crippen LogP contribution is -2.47. The van der Waals surface area contributed by atoms with Gasteiger partial charge in [0.15, 0.2) is 11.5 Å². The summed E-state index contributed by atoms with van der Waals surface area (Å²) in [5.41, 5.74) is 4.93. The molecule has 43 heavy (non-hydrogen) atoms. The standard InChI is InChI=1S/C36H47N2O4S/c1-7-38(8-2,27-31-22-28(3)21-29(4)23-31)20-12-11-19-37(26-30-15-16-32-13-9-10-14-33(32)24-30)43(39,40)34-17-18-35(41-5)36(25-34)42-6/h9-10,13-18,21-25H,7-8,11-12,19-20,26-27H2,1-6H3/q+1. The van der Waals surface area contributed by atoms with E-state index >= 15 is 0 Å². The van der Waals surface area contributed by atoms with E-state index in [9.17, 15) is 8.42 Å². The summed E-state index contributed by atoms with van der Waals surface area (Å²) in [5, 5.41) is 2.24. The van der Waals surface area contributed by atoms with E-state index in [0.29, 0.717) is 24.6 Å². The van der Waals surface area contributed by atoms with Crippen LogP contribution < -0.4 is 9.47 Å². The van der Waals surface area contributed by atoms with E-state index in [2.05, 4.69) is 70.2 Å². The van der Waals surface area contributed by atoms with Crippen LogP contribution in [0.15, 0.2) is 83.8 Å². The van der Waals surface area contributed by atoms with Crippen LogP contribution in [-0.2, 0) is 23.1 Å². The number of sulfonamides is 1. The highest BCUT2D eigenvalue weighted by Gasteiger charge is 2.28. The number of hydrogen-bond donors (Lipinski definition) is 0. The van der Waals surface area contributed by atoms with E-state index in [1.807, 2.05) is 18.2 Å². The fraction of sp³-hybridized carbons (Fsp3) is 0.389. The third-order valence-corrected chi connectivity index (χ3v) is 10.4. The number of rotatable bonds is 15. The van der Waals surface area contributed by atoms with Gasteiger partial charge in [0.05, 0.1) is 38.7 Å². The molecule has 0 bridgehead atoms. The Bertz CT molecular complexity index is 1610. The highest BCUT2D eigenvalue weighted by Crippen LogP contribution is 2.31. The van der Waals surface area contributed by atoms with Gasteiger partial charge in [-0.2, -0.15) is 4.31 Å². The Kier molecular flexibility index (Phi) is 10.9. The van der Waals surface area contributed by atoms with Gasteiger partial charge < -0.3 is 14.0 Å². The highest BCUT2D eigenvalue weighted by molar-refractivity contribution is 7.89. The molecule has 7 heteroatoms. The van der Waals surface area contributed by atoms with Gasteiger partial charge in [-0.3, -0.25) is 0 Å². The van der Waals surface area contributed by atoms with Crippen molar-refractivity contribution in [3.63, 3.8) is 0 Å². The van der Waals surface area contributed by atoms with Crippen molar-refractivity contribution in [3.8, 4) is 11.5 Å². The van der Waals surface area contributed by atoms with Crippen LogP contribution in [-0.4, -0.2) is 57.6 Å². The summed E-state index contributed by atoms with van der Waals surface area (Å²) in [6.45, 7) is 13.6. The van der Waals surface area contributed by atoms with Crippen molar-refractivity contribution in [2.24, 2.45) is 0 Å². The van der Waals surface area contributed by atoms with Crippen molar-refractivity contribution < 1.29 is 22.4 Å². The molecule has 6 nitrogen and oxygen atoms in total. The Labute approximate surface area is 258 Å². The first-order valence-electron chi connectivity index (χ1n) is 15.2. The second kappa shape index (κ2) is 14.4. The molecule has 4 rings (SSSR count). The molecule has 0 aromatic heterocycles. The molecule has 0 atom stereocenters. The van der Waals surface area contributed by atoms with Crippen molar-refractivity contribution >= 4 is 20.8 Å². The molecule has 0 unspecified atom stereocenters. The number of benzene rings is 4. The second-order valence-corrected chi connectivity index (χ2v) is 13.5. The normalized spacial score (nSPS) is 12.2. The average molecular weight is 604 g/mol. The minimum atomic E-state index is -3.80. The van der Waals surface area contributed by atoms with Gasteiger partial charge >= 0.3 is 0 Å². The molecule has 0 spiro atoms. The maximum atomic E-state index is 14.1. The molecule has 0 saturated carbocycles. The summed E-state index contributed by atoms with van der Waals surface area (Å²) in [6.07, 6.45) is 1.70. The Morgan fingerprint density at radius 1 is 0.721 bits per heavy atom. The van der Waals surface area contributed by atoms with Gasteiger partial charge in [0, 0.05) is 24.7 Å². The van der Waals surface area contributed by atoms with Crippen molar-refractivity contribution in [3.05, 3.63) is 101 Å². The van der Waals surface area contributed by atoms with Crippen molar-refractivity contribution in [1.82, 2.24) is 4.31 Å². The van der Waals surface area contributed by atoms with E-state index in [4.69, 9.17) is 9.47 Å². The van der Waals surface area contributed by atoms with Crippen LogP contribution in [0.4, 0.5) is 0 Å². The summed E-state index contributed by atoms with van der Waals surface area (Å²) < 4.78 is 41.6. The zero-order valence-electron chi connectivity index (χ0n) is 26.6. The molecule has 0 aliphatic heterocycles. The van der Waals surface area contributed by atoms with Crippen LogP contribution in [0, 0.1) is 13.8 Å². The number of unbranched alkanes of at least 4 members (excludes halogenated alkanes) is 1. The minimum Gasteiger partial charge on any atom is -0.493 e. The summed E-state index contributed by atoms with van der Waals surface area (Å²) in [5.74, 6) is 0.896. The minimum absolute atomic E-state index is 0.202. The number of nitrogens with zero attached hydrogens (tertiary/aromatic N) is 2. The molecule has 0 heterocycles. The van der Waals surface area contributed by atoms with Gasteiger partial charge in [-0.1, -0.05) is 65.7 Å². The SMILES string of the molecule is CC[N+](CC)(CCCCN(Cc1ccc2ccccc2c1)S(=O)(=O)c1ccc(OC)c(OC)c1)Cc1cc(C)cc(C)c1. The summed E-state index contributed by atoms with van der Waals surface area (Å²) in [6, 6.07) is 26.0. The number of aryl methyl sites for hydroxylation is 2. The van der Waals surface area contributed by atoms with Crippen LogP contribution in [0.25, 0.3) is 10.8 Å². The summed E-state index contributed by atoms with van der Waals surface area (Å²) in [4.78, 5) is 0.202. The number of methoxy groups -OCH3 is 2.